The van der Waals surface area contributed by atoms with Crippen LogP contribution < -0.4 is 10.6 Å². The van der Waals surface area contributed by atoms with E-state index in [2.05, 4.69) is 10.6 Å². The smallest absolute Gasteiger partial charge is 0.246 e. The second kappa shape index (κ2) is 5.94. The Balaban J connectivity index is 2.02. The Bertz CT molecular complexity index is 156. The molecule has 1 fully saturated rings. The highest BCUT2D eigenvalue weighted by Crippen LogP contribution is 1.96. The molecule has 0 saturated carbocycles. The summed E-state index contributed by atoms with van der Waals surface area (Å²) in [5, 5.41) is 6.10. The van der Waals surface area contributed by atoms with Crippen LogP contribution in [0, 0.1) is 0 Å². The highest BCUT2D eigenvalue weighted by atomic mass is 16.5. The quantitative estimate of drug-likeness (QED) is 0.589. The molecule has 1 saturated heterocycles. The van der Waals surface area contributed by atoms with E-state index in [0.717, 1.165) is 25.9 Å². The summed E-state index contributed by atoms with van der Waals surface area (Å²) in [4.78, 5) is 11.2. The Morgan fingerprint density at radius 3 is 3.15 bits per heavy atom. The fraction of sp³-hybridized carbons (Fsp3) is 0.889. The molecular formula is C9H18N2O2. The van der Waals surface area contributed by atoms with Crippen molar-refractivity contribution >= 4 is 5.91 Å². The second-order valence-corrected chi connectivity index (χ2v) is 3.31. The average molecular weight is 186 g/mol. The monoisotopic (exact) mass is 186 g/mol. The molecule has 1 aliphatic heterocycles. The molecule has 1 amide bonds. The Hall–Kier alpha value is -0.610. The first-order chi connectivity index (χ1) is 6.33. The predicted octanol–water partition coefficient (Wildman–Crippen LogP) is -0.109. The van der Waals surface area contributed by atoms with Gasteiger partial charge in [0.25, 0.3) is 0 Å². The van der Waals surface area contributed by atoms with Crippen molar-refractivity contribution in [1.29, 1.82) is 0 Å². The molecule has 13 heavy (non-hydrogen) atoms. The lowest BCUT2D eigenvalue weighted by Crippen LogP contribution is -2.38. The summed E-state index contributed by atoms with van der Waals surface area (Å²) in [5.74, 6) is 0.00199. The van der Waals surface area contributed by atoms with E-state index in [1.165, 1.54) is 0 Å². The Labute approximate surface area is 79.0 Å². The van der Waals surface area contributed by atoms with Gasteiger partial charge in [-0.05, 0) is 19.4 Å². The molecule has 0 bridgehead atoms. The first kappa shape index (κ1) is 10.5. The Morgan fingerprint density at radius 2 is 2.54 bits per heavy atom. The van der Waals surface area contributed by atoms with Crippen molar-refractivity contribution in [3.8, 4) is 0 Å². The van der Waals surface area contributed by atoms with E-state index in [-0.39, 0.29) is 12.5 Å². The van der Waals surface area contributed by atoms with Gasteiger partial charge in [-0.25, -0.2) is 0 Å². The van der Waals surface area contributed by atoms with Crippen LogP contribution in [0.3, 0.4) is 0 Å². The third-order valence-corrected chi connectivity index (χ3v) is 2.01. The maximum absolute atomic E-state index is 11.2. The molecule has 0 aliphatic carbocycles. The zero-order valence-corrected chi connectivity index (χ0v) is 8.14. The van der Waals surface area contributed by atoms with E-state index in [4.69, 9.17) is 4.74 Å². The van der Waals surface area contributed by atoms with Gasteiger partial charge in [0.1, 0.15) is 6.61 Å². The van der Waals surface area contributed by atoms with E-state index in [1.807, 2.05) is 6.92 Å². The molecule has 0 spiro atoms. The van der Waals surface area contributed by atoms with E-state index in [0.29, 0.717) is 12.6 Å². The van der Waals surface area contributed by atoms with Crippen LogP contribution in [0.25, 0.3) is 0 Å². The molecule has 0 aromatic rings. The first-order valence-corrected chi connectivity index (χ1v) is 4.90. The van der Waals surface area contributed by atoms with Crippen molar-refractivity contribution in [1.82, 2.24) is 10.6 Å². The Morgan fingerprint density at radius 1 is 1.69 bits per heavy atom. The van der Waals surface area contributed by atoms with Crippen molar-refractivity contribution in [2.24, 2.45) is 0 Å². The van der Waals surface area contributed by atoms with E-state index in [9.17, 15) is 4.79 Å². The van der Waals surface area contributed by atoms with Gasteiger partial charge in [0.05, 0.1) is 0 Å². The van der Waals surface area contributed by atoms with Crippen LogP contribution >= 0.6 is 0 Å². The standard InChI is InChI=1S/C9H18N2O2/c1-2-5-13-7-9(12)11-8-3-4-10-6-8/h8,10H,2-7H2,1H3,(H,11,12)/t8-/m0/s1. The van der Waals surface area contributed by atoms with Gasteiger partial charge < -0.3 is 15.4 Å². The normalized spacial score (nSPS) is 21.8. The minimum Gasteiger partial charge on any atom is -0.372 e. The van der Waals surface area contributed by atoms with Crippen LogP contribution in [0.2, 0.25) is 0 Å². The molecule has 0 aromatic carbocycles. The van der Waals surface area contributed by atoms with Gasteiger partial charge >= 0.3 is 0 Å². The molecule has 1 atom stereocenters. The molecule has 2 N–H and O–H groups in total. The highest BCUT2D eigenvalue weighted by Gasteiger charge is 2.15. The van der Waals surface area contributed by atoms with Gasteiger partial charge in [0.15, 0.2) is 0 Å². The van der Waals surface area contributed by atoms with Crippen LogP contribution in [0.4, 0.5) is 0 Å². The van der Waals surface area contributed by atoms with Crippen LogP contribution in [0.5, 0.6) is 0 Å². The van der Waals surface area contributed by atoms with Gasteiger partial charge in [-0.2, -0.15) is 0 Å². The van der Waals surface area contributed by atoms with Crippen molar-refractivity contribution in [3.05, 3.63) is 0 Å². The topological polar surface area (TPSA) is 50.4 Å². The van der Waals surface area contributed by atoms with Crippen LogP contribution in [-0.4, -0.2) is 38.3 Å². The van der Waals surface area contributed by atoms with Crippen LogP contribution in [0.1, 0.15) is 19.8 Å². The largest absolute Gasteiger partial charge is 0.372 e. The van der Waals surface area contributed by atoms with Crippen LogP contribution in [-0.2, 0) is 9.53 Å². The number of nitrogens with one attached hydrogen (secondary N) is 2. The molecular weight excluding hydrogens is 168 g/mol. The minimum absolute atomic E-state index is 0.00199. The number of hydrogen-bond acceptors (Lipinski definition) is 3. The van der Waals surface area contributed by atoms with Crippen molar-refractivity contribution in [3.63, 3.8) is 0 Å². The minimum atomic E-state index is 0.00199. The highest BCUT2D eigenvalue weighted by molar-refractivity contribution is 5.77. The molecule has 0 unspecified atom stereocenters. The fourth-order valence-electron chi connectivity index (χ4n) is 1.36. The number of carbonyl (C=O) groups excluding carboxylic acids is 1. The summed E-state index contributed by atoms with van der Waals surface area (Å²) < 4.78 is 5.12. The molecule has 4 nitrogen and oxygen atoms in total. The number of rotatable bonds is 5. The molecule has 1 heterocycles. The van der Waals surface area contributed by atoms with Crippen molar-refractivity contribution in [2.45, 2.75) is 25.8 Å². The zero-order chi connectivity index (χ0) is 9.52. The SMILES string of the molecule is CCCOCC(=O)N[C@H]1CCNC1. The molecule has 0 radical (unpaired) electrons. The summed E-state index contributed by atoms with van der Waals surface area (Å²) in [5.41, 5.74) is 0. The summed E-state index contributed by atoms with van der Waals surface area (Å²) in [7, 11) is 0. The third kappa shape index (κ3) is 4.24. The van der Waals surface area contributed by atoms with Gasteiger partial charge in [-0.1, -0.05) is 6.92 Å². The van der Waals surface area contributed by atoms with Crippen LogP contribution in [0.15, 0.2) is 0 Å². The molecule has 0 aromatic heterocycles. The Kier molecular flexibility index (Phi) is 4.78. The molecule has 76 valence electrons. The third-order valence-electron chi connectivity index (χ3n) is 2.01. The number of amides is 1. The van der Waals surface area contributed by atoms with Gasteiger partial charge in [0, 0.05) is 19.2 Å². The lowest BCUT2D eigenvalue weighted by Gasteiger charge is -2.10. The fourth-order valence-corrected chi connectivity index (χ4v) is 1.36. The summed E-state index contributed by atoms with van der Waals surface area (Å²) in [6, 6.07) is 0.303. The van der Waals surface area contributed by atoms with Crippen molar-refractivity contribution in [2.75, 3.05) is 26.3 Å². The van der Waals surface area contributed by atoms with E-state index >= 15 is 0 Å². The summed E-state index contributed by atoms with van der Waals surface area (Å²) >= 11 is 0. The molecule has 1 rings (SSSR count). The van der Waals surface area contributed by atoms with E-state index < -0.39 is 0 Å². The number of hydrogen-bond donors (Lipinski definition) is 2. The molecule has 1 aliphatic rings. The lowest BCUT2D eigenvalue weighted by molar-refractivity contribution is -0.126. The van der Waals surface area contributed by atoms with Gasteiger partial charge in [-0.15, -0.1) is 0 Å². The predicted molar refractivity (Wildman–Crippen MR) is 50.5 cm³/mol. The summed E-state index contributed by atoms with van der Waals surface area (Å²) in [6.45, 7) is 4.78. The molecule has 4 heteroatoms. The number of ether oxygens (including phenoxy) is 1. The first-order valence-electron chi connectivity index (χ1n) is 4.90. The summed E-state index contributed by atoms with van der Waals surface area (Å²) in [6.07, 6.45) is 1.98. The van der Waals surface area contributed by atoms with Crippen molar-refractivity contribution < 1.29 is 9.53 Å². The number of carbonyl (C=O) groups is 1. The van der Waals surface area contributed by atoms with E-state index in [1.54, 1.807) is 0 Å². The average Bonchev–Trinajstić information content (AvgIpc) is 2.57. The van der Waals surface area contributed by atoms with Gasteiger partial charge in [-0.3, -0.25) is 4.79 Å². The maximum atomic E-state index is 11.2. The zero-order valence-electron chi connectivity index (χ0n) is 8.14. The van der Waals surface area contributed by atoms with Gasteiger partial charge in [0.2, 0.25) is 5.91 Å². The lowest BCUT2D eigenvalue weighted by atomic mass is 10.2. The maximum Gasteiger partial charge on any atom is 0.246 e. The second-order valence-electron chi connectivity index (χ2n) is 3.31.